The number of rotatable bonds is 12. The van der Waals surface area contributed by atoms with Gasteiger partial charge >= 0.3 is 0 Å². The fourth-order valence-corrected chi connectivity index (χ4v) is 12.6. The van der Waals surface area contributed by atoms with Crippen LogP contribution in [0.15, 0.2) is 114 Å². The van der Waals surface area contributed by atoms with Gasteiger partial charge in [0.25, 0.3) is 0 Å². The minimum absolute atomic E-state index is 0.227. The van der Waals surface area contributed by atoms with Crippen molar-refractivity contribution < 1.29 is 12.8 Å². The van der Waals surface area contributed by atoms with Crippen LogP contribution < -0.4 is 15.1 Å². The SMILES string of the molecule is CCCCCCC(NS(=O)(=O)c1ccc(C)cc1)(c1ccc(F)cc1)[Si](C)(c1ccccc1)c1ccccc1. The summed E-state index contributed by atoms with van der Waals surface area (Å²) in [5, 5.41) is 1.24. The van der Waals surface area contributed by atoms with Crippen LogP contribution in [0.3, 0.4) is 0 Å². The second kappa shape index (κ2) is 12.4. The summed E-state index contributed by atoms with van der Waals surface area (Å²) < 4.78 is 46.1. The summed E-state index contributed by atoms with van der Waals surface area (Å²) in [7, 11) is -6.91. The number of unbranched alkanes of at least 4 members (excludes halogenated alkanes) is 3. The molecule has 0 saturated carbocycles. The molecule has 39 heavy (non-hydrogen) atoms. The van der Waals surface area contributed by atoms with Crippen molar-refractivity contribution in [3.63, 3.8) is 0 Å². The van der Waals surface area contributed by atoms with Crippen LogP contribution in [0, 0.1) is 12.7 Å². The summed E-state index contributed by atoms with van der Waals surface area (Å²) in [6, 6.07) is 33.9. The summed E-state index contributed by atoms with van der Waals surface area (Å²) in [5.74, 6) is -0.345. The van der Waals surface area contributed by atoms with Crippen molar-refractivity contribution in [2.24, 2.45) is 0 Å². The Labute approximate surface area is 234 Å². The molecule has 4 aromatic rings. The van der Waals surface area contributed by atoms with Crippen molar-refractivity contribution in [2.75, 3.05) is 0 Å². The first-order valence-corrected chi connectivity index (χ1v) is 17.7. The number of sulfonamides is 1. The number of hydrogen-bond donors (Lipinski definition) is 1. The Hall–Kier alpha value is -3.06. The fourth-order valence-electron chi connectivity index (χ4n) is 5.65. The van der Waals surface area contributed by atoms with E-state index >= 15 is 0 Å². The number of aryl methyl sites for hydroxylation is 1. The second-order valence-corrected chi connectivity index (χ2v) is 16.4. The lowest BCUT2D eigenvalue weighted by Crippen LogP contribution is -2.75. The van der Waals surface area contributed by atoms with Gasteiger partial charge in [-0.3, -0.25) is 0 Å². The lowest BCUT2D eigenvalue weighted by Gasteiger charge is -2.49. The molecular formula is C33H38FNO2SSi. The van der Waals surface area contributed by atoms with E-state index in [-0.39, 0.29) is 10.7 Å². The zero-order chi connectivity index (χ0) is 27.9. The molecule has 0 aliphatic rings. The summed E-state index contributed by atoms with van der Waals surface area (Å²) in [6.07, 6.45) is 4.56. The van der Waals surface area contributed by atoms with Gasteiger partial charge in [-0.25, -0.2) is 17.5 Å². The number of nitrogens with one attached hydrogen (secondary N) is 1. The van der Waals surface area contributed by atoms with Crippen molar-refractivity contribution in [1.29, 1.82) is 0 Å². The molecule has 0 aliphatic heterocycles. The van der Waals surface area contributed by atoms with Gasteiger partial charge in [-0.1, -0.05) is 140 Å². The topological polar surface area (TPSA) is 46.2 Å². The van der Waals surface area contributed by atoms with E-state index in [0.29, 0.717) is 6.42 Å². The molecule has 0 fully saturated rings. The predicted octanol–water partition coefficient (Wildman–Crippen LogP) is 6.71. The Morgan fingerprint density at radius 2 is 1.28 bits per heavy atom. The van der Waals surface area contributed by atoms with Crippen LogP contribution in [0.4, 0.5) is 4.39 Å². The first-order valence-electron chi connectivity index (χ1n) is 13.7. The molecule has 0 aliphatic carbocycles. The molecule has 0 amide bonds. The van der Waals surface area contributed by atoms with Crippen LogP contribution in [0.5, 0.6) is 0 Å². The maximum Gasteiger partial charge on any atom is 0.241 e. The lowest BCUT2D eigenvalue weighted by atomic mass is 9.99. The van der Waals surface area contributed by atoms with Crippen molar-refractivity contribution in [1.82, 2.24) is 4.72 Å². The normalized spacial score (nSPS) is 13.6. The zero-order valence-corrected chi connectivity index (χ0v) is 24.8. The van der Waals surface area contributed by atoms with Crippen molar-refractivity contribution in [3.05, 3.63) is 126 Å². The second-order valence-electron chi connectivity index (χ2n) is 10.5. The van der Waals surface area contributed by atoms with Crippen LogP contribution in [0.2, 0.25) is 6.55 Å². The third-order valence-corrected chi connectivity index (χ3v) is 15.0. The standard InChI is InChI=1S/C33H38FNO2SSi/c1-4-5-6-13-26-33(28-20-22-29(34)23-21-28,35-38(36,37)30-24-18-27(2)19-25-30)39(3,31-14-9-7-10-15-31)32-16-11-8-12-17-32/h7-12,14-25,35H,4-6,13,26H2,1-3H3. The maximum absolute atomic E-state index is 14.3. The first-order chi connectivity index (χ1) is 18.7. The van der Waals surface area contributed by atoms with Gasteiger partial charge in [0, 0.05) is 0 Å². The molecule has 0 radical (unpaired) electrons. The summed E-state index contributed by atoms with van der Waals surface area (Å²) in [5.41, 5.74) is 1.78. The smallest absolute Gasteiger partial charge is 0.207 e. The van der Waals surface area contributed by atoms with Gasteiger partial charge in [-0.2, -0.15) is 0 Å². The van der Waals surface area contributed by atoms with E-state index < -0.39 is 23.3 Å². The van der Waals surface area contributed by atoms with Crippen LogP contribution in [-0.2, 0) is 15.2 Å². The molecular weight excluding hydrogens is 522 g/mol. The predicted molar refractivity (Wildman–Crippen MR) is 162 cm³/mol. The number of halogens is 1. The Morgan fingerprint density at radius 3 is 1.79 bits per heavy atom. The number of benzene rings is 4. The first kappa shape index (κ1) is 28.9. The third-order valence-electron chi connectivity index (χ3n) is 7.94. The molecule has 3 nitrogen and oxygen atoms in total. The van der Waals surface area contributed by atoms with Crippen LogP contribution in [0.1, 0.15) is 50.2 Å². The molecule has 0 spiro atoms. The minimum atomic E-state index is -3.94. The van der Waals surface area contributed by atoms with E-state index in [1.807, 2.05) is 55.5 Å². The van der Waals surface area contributed by atoms with Crippen LogP contribution in [0.25, 0.3) is 0 Å². The third kappa shape index (κ3) is 6.08. The molecule has 204 valence electrons. The zero-order valence-electron chi connectivity index (χ0n) is 23.0. The average Bonchev–Trinajstić information content (AvgIpc) is 2.96. The highest BCUT2D eigenvalue weighted by molar-refractivity contribution is 7.89. The monoisotopic (exact) mass is 559 g/mol. The average molecular weight is 560 g/mol. The quantitative estimate of drug-likeness (QED) is 0.155. The van der Waals surface area contributed by atoms with E-state index in [0.717, 1.165) is 47.2 Å². The molecule has 4 aromatic carbocycles. The van der Waals surface area contributed by atoms with Crippen molar-refractivity contribution in [2.45, 2.75) is 62.6 Å². The molecule has 0 heterocycles. The molecule has 0 bridgehead atoms. The van der Waals surface area contributed by atoms with Gasteiger partial charge < -0.3 is 0 Å². The molecule has 0 aromatic heterocycles. The maximum atomic E-state index is 14.3. The van der Waals surface area contributed by atoms with Gasteiger partial charge in [0.05, 0.1) is 10.1 Å². The molecule has 1 atom stereocenters. The Balaban J connectivity index is 2.04. The number of hydrogen-bond acceptors (Lipinski definition) is 2. The van der Waals surface area contributed by atoms with E-state index in [9.17, 15) is 12.8 Å². The van der Waals surface area contributed by atoms with E-state index in [1.54, 1.807) is 24.3 Å². The van der Waals surface area contributed by atoms with E-state index in [1.165, 1.54) is 12.1 Å². The Bertz CT molecular complexity index is 1400. The molecule has 1 N–H and O–H groups in total. The van der Waals surface area contributed by atoms with Gasteiger partial charge in [0.2, 0.25) is 10.0 Å². The highest BCUT2D eigenvalue weighted by Gasteiger charge is 2.55. The highest BCUT2D eigenvalue weighted by atomic mass is 32.2. The van der Waals surface area contributed by atoms with Crippen LogP contribution >= 0.6 is 0 Å². The summed E-state index contributed by atoms with van der Waals surface area (Å²) >= 11 is 0. The fraction of sp³-hybridized carbons (Fsp3) is 0.273. The summed E-state index contributed by atoms with van der Waals surface area (Å²) in [4.78, 5) is 0.227. The van der Waals surface area contributed by atoms with Gasteiger partial charge in [0.15, 0.2) is 0 Å². The van der Waals surface area contributed by atoms with Gasteiger partial charge in [-0.05, 0) is 43.2 Å². The lowest BCUT2D eigenvalue weighted by molar-refractivity contribution is 0.455. The molecule has 1 unspecified atom stereocenters. The van der Waals surface area contributed by atoms with E-state index in [2.05, 4.69) is 42.5 Å². The molecule has 0 saturated heterocycles. The van der Waals surface area contributed by atoms with Crippen molar-refractivity contribution >= 4 is 28.5 Å². The molecule has 6 heteroatoms. The summed E-state index contributed by atoms with van der Waals surface area (Å²) in [6.45, 7) is 6.35. The van der Waals surface area contributed by atoms with Crippen molar-refractivity contribution in [3.8, 4) is 0 Å². The Kier molecular flexibility index (Phi) is 9.21. The largest absolute Gasteiger partial charge is 0.241 e. The Morgan fingerprint density at radius 1 is 0.744 bits per heavy atom. The van der Waals surface area contributed by atoms with Gasteiger partial charge in [-0.15, -0.1) is 0 Å². The van der Waals surface area contributed by atoms with Gasteiger partial charge in [0.1, 0.15) is 13.9 Å². The minimum Gasteiger partial charge on any atom is -0.207 e. The van der Waals surface area contributed by atoms with E-state index in [4.69, 9.17) is 0 Å². The molecule has 4 rings (SSSR count). The highest BCUT2D eigenvalue weighted by Crippen LogP contribution is 2.39. The van der Waals surface area contributed by atoms with Crippen LogP contribution in [-0.4, -0.2) is 16.5 Å².